The summed E-state index contributed by atoms with van der Waals surface area (Å²) in [5, 5.41) is 11.9. The molecular formula is C18H16N2O4. The van der Waals surface area contributed by atoms with Crippen molar-refractivity contribution in [2.24, 2.45) is 0 Å². The van der Waals surface area contributed by atoms with E-state index < -0.39 is 0 Å². The Hall–Kier alpha value is -3.12. The largest absolute Gasteiger partial charge is 0.496 e. The Morgan fingerprint density at radius 1 is 1.29 bits per heavy atom. The number of hydrogen-bond donors (Lipinski definition) is 2. The number of benzene rings is 1. The lowest BCUT2D eigenvalue weighted by molar-refractivity contribution is 0.102. The monoisotopic (exact) mass is 324 g/mol. The molecule has 0 aliphatic carbocycles. The highest BCUT2D eigenvalue weighted by Crippen LogP contribution is 2.33. The van der Waals surface area contributed by atoms with Crippen LogP contribution in [0.1, 0.15) is 16.1 Å². The van der Waals surface area contributed by atoms with Crippen molar-refractivity contribution in [1.29, 1.82) is 0 Å². The third kappa shape index (κ3) is 3.28. The highest BCUT2D eigenvalue weighted by molar-refractivity contribution is 6.04. The number of furan rings is 1. The van der Waals surface area contributed by atoms with Gasteiger partial charge in [0.25, 0.3) is 5.91 Å². The van der Waals surface area contributed by atoms with Crippen LogP contribution in [0.25, 0.3) is 11.3 Å². The summed E-state index contributed by atoms with van der Waals surface area (Å²) >= 11 is 0. The van der Waals surface area contributed by atoms with Crippen LogP contribution < -0.4 is 10.1 Å². The predicted octanol–water partition coefficient (Wildman–Crippen LogP) is 3.09. The molecule has 24 heavy (non-hydrogen) atoms. The Labute approximate surface area is 138 Å². The van der Waals surface area contributed by atoms with Crippen molar-refractivity contribution in [2.75, 3.05) is 12.4 Å². The molecule has 0 radical (unpaired) electrons. The fourth-order valence-electron chi connectivity index (χ4n) is 2.28. The third-order valence-corrected chi connectivity index (χ3v) is 3.47. The van der Waals surface area contributed by atoms with Crippen molar-refractivity contribution in [3.05, 3.63) is 66.2 Å². The van der Waals surface area contributed by atoms with Crippen LogP contribution in [0, 0.1) is 0 Å². The minimum Gasteiger partial charge on any atom is -0.496 e. The molecule has 2 N–H and O–H groups in total. The number of carbonyl (C=O) groups excluding carboxylic acids is 1. The van der Waals surface area contributed by atoms with Crippen molar-refractivity contribution in [1.82, 2.24) is 4.98 Å². The van der Waals surface area contributed by atoms with Gasteiger partial charge in [0, 0.05) is 24.1 Å². The fourth-order valence-corrected chi connectivity index (χ4v) is 2.28. The van der Waals surface area contributed by atoms with E-state index >= 15 is 0 Å². The smallest absolute Gasteiger partial charge is 0.257 e. The van der Waals surface area contributed by atoms with E-state index in [1.165, 1.54) is 6.20 Å². The topological polar surface area (TPSA) is 84.6 Å². The number of anilines is 1. The van der Waals surface area contributed by atoms with Crippen LogP contribution in [0.5, 0.6) is 5.75 Å². The molecular weight excluding hydrogens is 308 g/mol. The maximum absolute atomic E-state index is 12.2. The number of nitrogens with zero attached hydrogens (tertiary/aromatic N) is 1. The first kappa shape index (κ1) is 15.8. The zero-order chi connectivity index (χ0) is 16.9. The highest BCUT2D eigenvalue weighted by atomic mass is 16.5. The molecule has 0 unspecified atom stereocenters. The summed E-state index contributed by atoms with van der Waals surface area (Å²) < 4.78 is 10.9. The van der Waals surface area contributed by atoms with E-state index in [2.05, 4.69) is 10.3 Å². The van der Waals surface area contributed by atoms with Gasteiger partial charge in [0.1, 0.15) is 23.9 Å². The van der Waals surface area contributed by atoms with Gasteiger partial charge < -0.3 is 19.6 Å². The fraction of sp³-hybridized carbons (Fsp3) is 0.111. The van der Waals surface area contributed by atoms with Crippen molar-refractivity contribution in [3.8, 4) is 17.1 Å². The van der Waals surface area contributed by atoms with E-state index in [0.29, 0.717) is 28.5 Å². The molecule has 0 saturated carbocycles. The molecule has 3 aromatic rings. The summed E-state index contributed by atoms with van der Waals surface area (Å²) in [7, 11) is 1.54. The number of aromatic nitrogens is 1. The predicted molar refractivity (Wildman–Crippen MR) is 88.8 cm³/mol. The van der Waals surface area contributed by atoms with Crippen molar-refractivity contribution < 1.29 is 19.1 Å². The molecule has 0 aliphatic heterocycles. The zero-order valence-corrected chi connectivity index (χ0v) is 13.0. The molecule has 6 nitrogen and oxygen atoms in total. The normalized spacial score (nSPS) is 10.4. The van der Waals surface area contributed by atoms with Gasteiger partial charge in [-0.2, -0.15) is 0 Å². The van der Waals surface area contributed by atoms with E-state index in [1.54, 1.807) is 55.8 Å². The van der Waals surface area contributed by atoms with Crippen molar-refractivity contribution in [2.45, 2.75) is 6.61 Å². The first-order valence-corrected chi connectivity index (χ1v) is 7.30. The van der Waals surface area contributed by atoms with Gasteiger partial charge >= 0.3 is 0 Å². The highest BCUT2D eigenvalue weighted by Gasteiger charge is 2.13. The number of hydrogen-bond acceptors (Lipinski definition) is 5. The van der Waals surface area contributed by atoms with Gasteiger partial charge in [0.05, 0.1) is 18.2 Å². The van der Waals surface area contributed by atoms with E-state index in [4.69, 9.17) is 14.3 Å². The number of amides is 1. The Bertz CT molecular complexity index is 843. The van der Waals surface area contributed by atoms with Gasteiger partial charge in [-0.15, -0.1) is 0 Å². The van der Waals surface area contributed by atoms with Gasteiger partial charge in [0.15, 0.2) is 0 Å². The second-order valence-electron chi connectivity index (χ2n) is 5.03. The molecule has 1 amide bonds. The second-order valence-corrected chi connectivity index (χ2v) is 5.03. The number of methoxy groups -OCH3 is 1. The Kier molecular flexibility index (Phi) is 4.58. The summed E-state index contributed by atoms with van der Waals surface area (Å²) in [6, 6.07) is 12.1. The minimum atomic E-state index is -0.251. The number of rotatable bonds is 5. The second kappa shape index (κ2) is 6.97. The SMILES string of the molecule is COc1cc(NC(=O)c2cccnc2)ccc1-c1ccc(CO)o1. The third-order valence-electron chi connectivity index (χ3n) is 3.47. The molecule has 0 aliphatic rings. The summed E-state index contributed by atoms with van der Waals surface area (Å²) in [5.41, 5.74) is 1.80. The van der Waals surface area contributed by atoms with E-state index in [0.717, 1.165) is 5.56 Å². The molecule has 2 aromatic heterocycles. The molecule has 3 rings (SSSR count). The van der Waals surface area contributed by atoms with Crippen LogP contribution in [0.2, 0.25) is 0 Å². The number of ether oxygens (including phenoxy) is 1. The standard InChI is InChI=1S/C18H16N2O4/c1-23-17-9-13(20-18(22)12-3-2-8-19-10-12)4-6-15(17)16-7-5-14(11-21)24-16/h2-10,21H,11H2,1H3,(H,20,22). The maximum Gasteiger partial charge on any atom is 0.257 e. The summed E-state index contributed by atoms with van der Waals surface area (Å²) in [4.78, 5) is 16.1. The summed E-state index contributed by atoms with van der Waals surface area (Å²) in [6.07, 6.45) is 3.11. The lowest BCUT2D eigenvalue weighted by atomic mass is 10.1. The van der Waals surface area contributed by atoms with E-state index in [-0.39, 0.29) is 12.5 Å². The molecule has 0 spiro atoms. The number of pyridine rings is 1. The lowest BCUT2D eigenvalue weighted by Crippen LogP contribution is -2.12. The molecule has 6 heteroatoms. The quantitative estimate of drug-likeness (QED) is 0.753. The van der Waals surface area contributed by atoms with Crippen molar-refractivity contribution >= 4 is 11.6 Å². The molecule has 2 heterocycles. The van der Waals surface area contributed by atoms with Gasteiger partial charge in [-0.1, -0.05) is 0 Å². The molecule has 122 valence electrons. The number of nitrogens with one attached hydrogen (secondary N) is 1. The van der Waals surface area contributed by atoms with Crippen molar-refractivity contribution in [3.63, 3.8) is 0 Å². The van der Waals surface area contributed by atoms with E-state index in [9.17, 15) is 4.79 Å². The lowest BCUT2D eigenvalue weighted by Gasteiger charge is -2.10. The number of carbonyl (C=O) groups is 1. The average molecular weight is 324 g/mol. The van der Waals surface area contributed by atoms with Gasteiger partial charge in [0.2, 0.25) is 0 Å². The van der Waals surface area contributed by atoms with Crippen LogP contribution in [0.15, 0.2) is 59.3 Å². The summed E-state index contributed by atoms with van der Waals surface area (Å²) in [6.45, 7) is -0.165. The van der Waals surface area contributed by atoms with Crippen LogP contribution in [-0.2, 0) is 6.61 Å². The minimum absolute atomic E-state index is 0.165. The number of aliphatic hydroxyl groups is 1. The van der Waals surface area contributed by atoms with Crippen LogP contribution in [-0.4, -0.2) is 23.1 Å². The summed E-state index contributed by atoms with van der Waals surface area (Å²) in [5.74, 6) is 1.36. The van der Waals surface area contributed by atoms with Gasteiger partial charge in [-0.25, -0.2) is 0 Å². The Balaban J connectivity index is 1.85. The molecule has 1 aromatic carbocycles. The zero-order valence-electron chi connectivity index (χ0n) is 13.0. The molecule has 0 fully saturated rings. The van der Waals surface area contributed by atoms with Gasteiger partial charge in [-0.3, -0.25) is 9.78 Å². The van der Waals surface area contributed by atoms with Gasteiger partial charge in [-0.05, 0) is 36.4 Å². The Morgan fingerprint density at radius 2 is 2.17 bits per heavy atom. The van der Waals surface area contributed by atoms with Crippen LogP contribution >= 0.6 is 0 Å². The average Bonchev–Trinajstić information content (AvgIpc) is 3.11. The van der Waals surface area contributed by atoms with Crippen LogP contribution in [0.4, 0.5) is 5.69 Å². The Morgan fingerprint density at radius 3 is 2.83 bits per heavy atom. The molecule has 0 bridgehead atoms. The number of aliphatic hydroxyl groups excluding tert-OH is 1. The van der Waals surface area contributed by atoms with E-state index in [1.807, 2.05) is 0 Å². The first-order chi connectivity index (χ1) is 11.7. The molecule has 0 atom stereocenters. The first-order valence-electron chi connectivity index (χ1n) is 7.30. The maximum atomic E-state index is 12.2. The molecule has 0 saturated heterocycles. The van der Waals surface area contributed by atoms with Crippen LogP contribution in [0.3, 0.4) is 0 Å².